The molecule has 1 aliphatic rings. The van der Waals surface area contributed by atoms with Gasteiger partial charge in [-0.3, -0.25) is 0 Å². The molecule has 20 heavy (non-hydrogen) atoms. The van der Waals surface area contributed by atoms with Gasteiger partial charge in [-0.15, -0.1) is 0 Å². The molecule has 0 saturated carbocycles. The first-order chi connectivity index (χ1) is 9.62. The van der Waals surface area contributed by atoms with Gasteiger partial charge in [0.2, 0.25) is 10.0 Å². The zero-order valence-corrected chi connectivity index (χ0v) is 13.3. The van der Waals surface area contributed by atoms with Crippen LogP contribution in [0.1, 0.15) is 26.2 Å². The summed E-state index contributed by atoms with van der Waals surface area (Å²) in [6.45, 7) is 2.90. The summed E-state index contributed by atoms with van der Waals surface area (Å²) in [5.74, 6) is 2.75. The summed E-state index contributed by atoms with van der Waals surface area (Å²) in [6, 6.07) is 3.37. The van der Waals surface area contributed by atoms with E-state index < -0.39 is 10.0 Å². The molecule has 0 atom stereocenters. The molecule has 0 amide bonds. The van der Waals surface area contributed by atoms with Crippen LogP contribution in [-0.2, 0) is 10.0 Å². The van der Waals surface area contributed by atoms with Gasteiger partial charge in [0.05, 0.1) is 0 Å². The van der Waals surface area contributed by atoms with E-state index in [9.17, 15) is 8.42 Å². The number of hydrogen-bond donors (Lipinski definition) is 2. The second-order valence-corrected chi connectivity index (χ2v) is 7.75. The van der Waals surface area contributed by atoms with Gasteiger partial charge in [0.15, 0.2) is 0 Å². The zero-order valence-electron chi connectivity index (χ0n) is 11.6. The molecule has 1 fully saturated rings. The molecule has 7 heteroatoms. The minimum atomic E-state index is -3.45. The summed E-state index contributed by atoms with van der Waals surface area (Å²) < 4.78 is 27.3. The summed E-state index contributed by atoms with van der Waals surface area (Å²) >= 11 is 1.87. The number of thioether (sulfide) groups is 1. The number of aromatic nitrogens is 1. The van der Waals surface area contributed by atoms with E-state index in [0.29, 0.717) is 5.82 Å². The number of rotatable bonds is 6. The summed E-state index contributed by atoms with van der Waals surface area (Å²) in [4.78, 5) is 4.38. The van der Waals surface area contributed by atoms with Crippen LogP contribution in [0.5, 0.6) is 0 Å². The van der Waals surface area contributed by atoms with Crippen molar-refractivity contribution in [3.8, 4) is 0 Å². The SMILES string of the molecule is CCCNc1ccc(S(=O)(=O)NC2CCSCC2)cn1. The van der Waals surface area contributed by atoms with Gasteiger partial charge in [-0.1, -0.05) is 6.92 Å². The van der Waals surface area contributed by atoms with Crippen LogP contribution in [0.25, 0.3) is 0 Å². The third-order valence-corrected chi connectivity index (χ3v) is 5.70. The maximum absolute atomic E-state index is 12.2. The number of hydrogen-bond acceptors (Lipinski definition) is 5. The number of sulfonamides is 1. The van der Waals surface area contributed by atoms with E-state index >= 15 is 0 Å². The van der Waals surface area contributed by atoms with E-state index in [-0.39, 0.29) is 10.9 Å². The van der Waals surface area contributed by atoms with Crippen LogP contribution in [0, 0.1) is 0 Å². The van der Waals surface area contributed by atoms with Crippen molar-refractivity contribution >= 4 is 27.6 Å². The largest absolute Gasteiger partial charge is 0.370 e. The van der Waals surface area contributed by atoms with Crippen LogP contribution >= 0.6 is 11.8 Å². The molecule has 2 N–H and O–H groups in total. The van der Waals surface area contributed by atoms with E-state index in [4.69, 9.17) is 0 Å². The molecule has 0 unspecified atom stereocenters. The fraction of sp³-hybridized carbons (Fsp3) is 0.615. The second kappa shape index (κ2) is 7.28. The van der Waals surface area contributed by atoms with E-state index in [1.54, 1.807) is 12.1 Å². The summed E-state index contributed by atoms with van der Waals surface area (Å²) in [6.07, 6.45) is 4.21. The lowest BCUT2D eigenvalue weighted by atomic mass is 10.2. The summed E-state index contributed by atoms with van der Waals surface area (Å²) in [7, 11) is -3.45. The van der Waals surface area contributed by atoms with Gasteiger partial charge in [0, 0.05) is 18.8 Å². The molecular formula is C13H21N3O2S2. The third kappa shape index (κ3) is 4.36. The highest BCUT2D eigenvalue weighted by molar-refractivity contribution is 7.99. The van der Waals surface area contributed by atoms with Crippen LogP contribution in [0.15, 0.2) is 23.2 Å². The minimum absolute atomic E-state index is 0.0548. The molecule has 0 aromatic carbocycles. The van der Waals surface area contributed by atoms with Crippen LogP contribution in [-0.4, -0.2) is 37.5 Å². The monoisotopic (exact) mass is 315 g/mol. The highest BCUT2D eigenvalue weighted by atomic mass is 32.2. The highest BCUT2D eigenvalue weighted by Gasteiger charge is 2.22. The topological polar surface area (TPSA) is 71.1 Å². The van der Waals surface area contributed by atoms with Crippen molar-refractivity contribution in [1.82, 2.24) is 9.71 Å². The molecule has 0 aliphatic carbocycles. The predicted molar refractivity (Wildman–Crippen MR) is 83.7 cm³/mol. The van der Waals surface area contributed by atoms with E-state index in [1.165, 1.54) is 6.20 Å². The van der Waals surface area contributed by atoms with Crippen molar-refractivity contribution in [2.45, 2.75) is 37.1 Å². The molecule has 1 aromatic rings. The van der Waals surface area contributed by atoms with E-state index in [0.717, 1.165) is 37.3 Å². The smallest absolute Gasteiger partial charge is 0.242 e. The van der Waals surface area contributed by atoms with Crippen LogP contribution in [0.2, 0.25) is 0 Å². The molecule has 1 aromatic heterocycles. The number of nitrogens with zero attached hydrogens (tertiary/aromatic N) is 1. The molecule has 5 nitrogen and oxygen atoms in total. The molecular weight excluding hydrogens is 294 g/mol. The Balaban J connectivity index is 2.01. The first-order valence-electron chi connectivity index (χ1n) is 6.92. The first-order valence-corrected chi connectivity index (χ1v) is 9.55. The molecule has 2 rings (SSSR count). The molecule has 1 aliphatic heterocycles. The lowest BCUT2D eigenvalue weighted by Crippen LogP contribution is -2.37. The Morgan fingerprint density at radius 1 is 1.35 bits per heavy atom. The van der Waals surface area contributed by atoms with Gasteiger partial charge >= 0.3 is 0 Å². The Bertz CT molecular complexity index is 511. The highest BCUT2D eigenvalue weighted by Crippen LogP contribution is 2.19. The molecule has 112 valence electrons. The van der Waals surface area contributed by atoms with Gasteiger partial charge < -0.3 is 5.32 Å². The average Bonchev–Trinajstić information content (AvgIpc) is 2.46. The number of pyridine rings is 1. The van der Waals surface area contributed by atoms with Crippen molar-refractivity contribution in [3.05, 3.63) is 18.3 Å². The molecule has 0 bridgehead atoms. The second-order valence-electron chi connectivity index (χ2n) is 4.81. The van der Waals surface area contributed by atoms with E-state index in [1.807, 2.05) is 11.8 Å². The normalized spacial score (nSPS) is 17.1. The summed E-state index contributed by atoms with van der Waals surface area (Å²) in [5, 5.41) is 3.13. The first kappa shape index (κ1) is 15.6. The molecule has 0 spiro atoms. The fourth-order valence-electron chi connectivity index (χ4n) is 2.00. The zero-order chi connectivity index (χ0) is 14.4. The lowest BCUT2D eigenvalue weighted by Gasteiger charge is -2.22. The van der Waals surface area contributed by atoms with Crippen molar-refractivity contribution in [2.24, 2.45) is 0 Å². The Morgan fingerprint density at radius 3 is 2.70 bits per heavy atom. The molecule has 1 saturated heterocycles. The summed E-state index contributed by atoms with van der Waals surface area (Å²) in [5.41, 5.74) is 0. The molecule has 2 heterocycles. The van der Waals surface area contributed by atoms with Gasteiger partial charge in [-0.2, -0.15) is 11.8 Å². The van der Waals surface area contributed by atoms with Crippen molar-refractivity contribution in [2.75, 3.05) is 23.4 Å². The van der Waals surface area contributed by atoms with Crippen molar-refractivity contribution < 1.29 is 8.42 Å². The van der Waals surface area contributed by atoms with Gasteiger partial charge in [0.1, 0.15) is 10.7 Å². The Hall–Kier alpha value is -0.790. The van der Waals surface area contributed by atoms with Crippen LogP contribution in [0.4, 0.5) is 5.82 Å². The maximum Gasteiger partial charge on any atom is 0.242 e. The Morgan fingerprint density at radius 2 is 2.10 bits per heavy atom. The average molecular weight is 315 g/mol. The third-order valence-electron chi connectivity index (χ3n) is 3.15. The number of nitrogens with one attached hydrogen (secondary N) is 2. The van der Waals surface area contributed by atoms with Gasteiger partial charge in [-0.05, 0) is 42.9 Å². The Labute approximate surface area is 125 Å². The van der Waals surface area contributed by atoms with Crippen LogP contribution in [0.3, 0.4) is 0 Å². The van der Waals surface area contributed by atoms with E-state index in [2.05, 4.69) is 21.9 Å². The minimum Gasteiger partial charge on any atom is -0.370 e. The number of anilines is 1. The quantitative estimate of drug-likeness (QED) is 0.841. The van der Waals surface area contributed by atoms with Crippen LogP contribution < -0.4 is 10.0 Å². The fourth-order valence-corrected chi connectivity index (χ4v) is 4.36. The molecule has 0 radical (unpaired) electrons. The standard InChI is InChI=1S/C13H21N3O2S2/c1-2-7-14-13-4-3-12(10-15-13)20(17,18)16-11-5-8-19-9-6-11/h3-4,10-11,16H,2,5-9H2,1H3,(H,14,15). The van der Waals surface area contributed by atoms with Crippen molar-refractivity contribution in [3.63, 3.8) is 0 Å². The van der Waals surface area contributed by atoms with Crippen molar-refractivity contribution in [1.29, 1.82) is 0 Å². The van der Waals surface area contributed by atoms with Gasteiger partial charge in [-0.25, -0.2) is 18.1 Å². The lowest BCUT2D eigenvalue weighted by molar-refractivity contribution is 0.528. The van der Waals surface area contributed by atoms with Gasteiger partial charge in [0.25, 0.3) is 0 Å². The maximum atomic E-state index is 12.2. The predicted octanol–water partition coefficient (Wildman–Crippen LogP) is 2.08. The Kier molecular flexibility index (Phi) is 5.68.